The number of fused-ring (bicyclic) bond motifs is 1. The van der Waals surface area contributed by atoms with Crippen LogP contribution in [0.1, 0.15) is 77.0 Å². The maximum absolute atomic E-state index is 11.7. The van der Waals surface area contributed by atoms with Crippen LogP contribution in [0.5, 0.6) is 5.75 Å². The van der Waals surface area contributed by atoms with Gasteiger partial charge in [-0.05, 0) is 69.3 Å². The average molecular weight is 850 g/mol. The van der Waals surface area contributed by atoms with Gasteiger partial charge in [0.25, 0.3) is 0 Å². The summed E-state index contributed by atoms with van der Waals surface area (Å²) < 4.78 is 2.32. The largest absolute Gasteiger partial charge is 0.507 e. The topological polar surface area (TPSA) is 50.9 Å². The number of pyridine rings is 1. The minimum absolute atomic E-state index is 0. The molecule has 0 fully saturated rings. The minimum Gasteiger partial charge on any atom is -0.507 e. The summed E-state index contributed by atoms with van der Waals surface area (Å²) >= 11 is 0. The molecule has 260 valence electrons. The quantitative estimate of drug-likeness (QED) is 0.163. The summed E-state index contributed by atoms with van der Waals surface area (Å²) in [5.41, 5.74) is 13.0. The van der Waals surface area contributed by atoms with E-state index < -0.39 is 0 Å². The molecule has 0 unspecified atom stereocenters. The molecule has 51 heavy (non-hydrogen) atoms. The number of benzene rings is 5. The SMILES string of the molecule is CC(C)c1cccc(C(C)C)c1-n1c(-c2cc(-c3ccccc3)ccc2O)nc2c(-c3[c-]c(-c4ccccn4)ccc3)cc(C(C)(C)C)cc21.[Pt]. The van der Waals surface area contributed by atoms with Gasteiger partial charge in [-0.15, -0.1) is 29.8 Å². The molecule has 7 rings (SSSR count). The summed E-state index contributed by atoms with van der Waals surface area (Å²) in [4.78, 5) is 10.1. The third-order valence-electron chi connectivity index (χ3n) is 9.56. The third-order valence-corrected chi connectivity index (χ3v) is 9.56. The van der Waals surface area contributed by atoms with Crippen LogP contribution in [0, 0.1) is 6.07 Å². The molecule has 2 heterocycles. The molecule has 0 aliphatic heterocycles. The number of phenols is 1. The van der Waals surface area contributed by atoms with Crippen molar-refractivity contribution in [1.82, 2.24) is 14.5 Å². The van der Waals surface area contributed by atoms with Gasteiger partial charge in [0.2, 0.25) is 0 Å². The van der Waals surface area contributed by atoms with Crippen molar-refractivity contribution in [3.05, 3.63) is 144 Å². The molecule has 0 aliphatic rings. The van der Waals surface area contributed by atoms with E-state index in [4.69, 9.17) is 4.98 Å². The number of aromatic nitrogens is 3. The molecule has 0 saturated heterocycles. The molecule has 4 nitrogen and oxygen atoms in total. The number of aromatic hydroxyl groups is 1. The fourth-order valence-corrected chi connectivity index (χ4v) is 6.82. The van der Waals surface area contributed by atoms with Crippen molar-refractivity contribution in [1.29, 1.82) is 0 Å². The zero-order valence-corrected chi connectivity index (χ0v) is 32.6. The molecule has 0 amide bonds. The van der Waals surface area contributed by atoms with E-state index in [2.05, 4.69) is 131 Å². The Kier molecular flexibility index (Phi) is 10.2. The Hall–Kier alpha value is -4.79. The molecule has 2 aromatic heterocycles. The standard InChI is InChI=1S/C46H44N3O.Pt/c1-29(2)36-19-14-20-37(30(3)4)44(36)49-41-28-35(46(5,6)7)27-38(33-17-13-18-34(25-33)40-21-11-12-24-47-40)43(41)48-45(49)39-26-32(22-23-42(39)50)31-15-9-8-10-16-31;/h8-24,26-30,50H,1-7H3;/q-1;. The van der Waals surface area contributed by atoms with E-state index in [1.807, 2.05) is 48.7 Å². The van der Waals surface area contributed by atoms with Crippen molar-refractivity contribution < 1.29 is 26.2 Å². The number of imidazole rings is 1. The van der Waals surface area contributed by atoms with E-state index in [0.29, 0.717) is 11.4 Å². The minimum atomic E-state index is -0.148. The van der Waals surface area contributed by atoms with Crippen molar-refractivity contribution in [2.24, 2.45) is 0 Å². The molecule has 0 aliphatic carbocycles. The maximum atomic E-state index is 11.7. The molecule has 0 atom stereocenters. The van der Waals surface area contributed by atoms with E-state index in [1.54, 1.807) is 6.07 Å². The van der Waals surface area contributed by atoms with E-state index in [1.165, 1.54) is 16.7 Å². The first-order valence-electron chi connectivity index (χ1n) is 17.5. The van der Waals surface area contributed by atoms with Gasteiger partial charge in [-0.3, -0.25) is 9.55 Å². The van der Waals surface area contributed by atoms with E-state index in [0.717, 1.165) is 50.2 Å². The zero-order chi connectivity index (χ0) is 35.2. The monoisotopic (exact) mass is 849 g/mol. The van der Waals surface area contributed by atoms with Gasteiger partial charge in [-0.25, -0.2) is 4.98 Å². The number of nitrogens with zero attached hydrogens (tertiary/aromatic N) is 3. The number of hydrogen-bond donors (Lipinski definition) is 1. The summed E-state index contributed by atoms with van der Waals surface area (Å²) in [6.45, 7) is 15.8. The van der Waals surface area contributed by atoms with Gasteiger partial charge in [0, 0.05) is 33.0 Å². The van der Waals surface area contributed by atoms with Crippen LogP contribution in [0.3, 0.4) is 0 Å². The molecular formula is C46H44N3OPt-. The summed E-state index contributed by atoms with van der Waals surface area (Å²) in [6.07, 6.45) is 1.82. The van der Waals surface area contributed by atoms with Crippen molar-refractivity contribution in [2.75, 3.05) is 0 Å². The molecule has 5 aromatic carbocycles. The first-order valence-corrected chi connectivity index (χ1v) is 17.5. The maximum Gasteiger partial charge on any atom is 0.148 e. The van der Waals surface area contributed by atoms with Gasteiger partial charge in [0.1, 0.15) is 11.6 Å². The van der Waals surface area contributed by atoms with E-state index in [9.17, 15) is 5.11 Å². The van der Waals surface area contributed by atoms with Crippen LogP contribution >= 0.6 is 0 Å². The van der Waals surface area contributed by atoms with Gasteiger partial charge >= 0.3 is 0 Å². The Morgan fingerprint density at radius 3 is 1.98 bits per heavy atom. The van der Waals surface area contributed by atoms with Crippen molar-refractivity contribution in [3.63, 3.8) is 0 Å². The number of hydrogen-bond acceptors (Lipinski definition) is 3. The normalized spacial score (nSPS) is 11.7. The average Bonchev–Trinajstić information content (AvgIpc) is 3.50. The van der Waals surface area contributed by atoms with Crippen molar-refractivity contribution in [2.45, 2.75) is 65.7 Å². The van der Waals surface area contributed by atoms with Crippen LogP contribution in [0.4, 0.5) is 0 Å². The Morgan fingerprint density at radius 1 is 0.667 bits per heavy atom. The molecule has 5 heteroatoms. The van der Waals surface area contributed by atoms with Gasteiger partial charge in [0.15, 0.2) is 0 Å². The first kappa shape index (κ1) is 36.0. The predicted molar refractivity (Wildman–Crippen MR) is 208 cm³/mol. The molecule has 7 aromatic rings. The fraction of sp³-hybridized carbons (Fsp3) is 0.217. The second kappa shape index (κ2) is 14.4. The first-order chi connectivity index (χ1) is 24.0. The van der Waals surface area contributed by atoms with Crippen LogP contribution in [-0.4, -0.2) is 19.6 Å². The van der Waals surface area contributed by atoms with Gasteiger partial charge in [-0.2, -0.15) is 0 Å². The molecule has 0 radical (unpaired) electrons. The summed E-state index contributed by atoms with van der Waals surface area (Å²) in [5, 5.41) is 11.7. The van der Waals surface area contributed by atoms with Gasteiger partial charge in [-0.1, -0.05) is 132 Å². The third kappa shape index (κ3) is 6.95. The molecule has 0 spiro atoms. The summed E-state index contributed by atoms with van der Waals surface area (Å²) in [5.74, 6) is 1.41. The van der Waals surface area contributed by atoms with Crippen LogP contribution < -0.4 is 0 Å². The van der Waals surface area contributed by atoms with Crippen LogP contribution in [-0.2, 0) is 26.5 Å². The van der Waals surface area contributed by atoms with E-state index in [-0.39, 0.29) is 44.1 Å². The smallest absolute Gasteiger partial charge is 0.148 e. The predicted octanol–water partition coefficient (Wildman–Crippen LogP) is 12.1. The van der Waals surface area contributed by atoms with Crippen LogP contribution in [0.25, 0.3) is 61.6 Å². The van der Waals surface area contributed by atoms with E-state index >= 15 is 0 Å². The zero-order valence-electron chi connectivity index (χ0n) is 30.3. The Labute approximate surface area is 316 Å². The second-order valence-electron chi connectivity index (χ2n) is 14.8. The Morgan fingerprint density at radius 2 is 1.33 bits per heavy atom. The van der Waals surface area contributed by atoms with Crippen molar-refractivity contribution in [3.8, 4) is 56.3 Å². The number of phenolic OH excluding ortho intramolecular Hbond substituents is 1. The van der Waals surface area contributed by atoms with Crippen molar-refractivity contribution >= 4 is 11.0 Å². The summed E-state index contributed by atoms with van der Waals surface area (Å²) in [7, 11) is 0. The summed E-state index contributed by atoms with van der Waals surface area (Å²) in [6, 6.07) is 43.3. The Balaban J connectivity index is 0.00000448. The Bertz CT molecular complexity index is 2290. The van der Waals surface area contributed by atoms with Gasteiger partial charge < -0.3 is 5.11 Å². The molecular weight excluding hydrogens is 806 g/mol. The molecule has 0 bridgehead atoms. The second-order valence-corrected chi connectivity index (χ2v) is 14.8. The molecule has 1 N–H and O–H groups in total. The number of para-hydroxylation sites is 1. The van der Waals surface area contributed by atoms with Crippen LogP contribution in [0.2, 0.25) is 0 Å². The molecule has 0 saturated carbocycles. The number of rotatable bonds is 7. The van der Waals surface area contributed by atoms with Crippen LogP contribution in [0.15, 0.2) is 121 Å². The van der Waals surface area contributed by atoms with Gasteiger partial charge in [0.05, 0.1) is 22.3 Å². The fourth-order valence-electron chi connectivity index (χ4n) is 6.82.